The molecule has 2 aromatic rings. The Morgan fingerprint density at radius 2 is 1.96 bits per heavy atom. The molecule has 2 aromatic carbocycles. The molecule has 0 aromatic heterocycles. The van der Waals surface area contributed by atoms with Crippen LogP contribution in [-0.4, -0.2) is 23.9 Å². The van der Waals surface area contributed by atoms with Gasteiger partial charge in [0, 0.05) is 18.8 Å². The number of benzene rings is 2. The summed E-state index contributed by atoms with van der Waals surface area (Å²) >= 11 is 0. The maximum atomic E-state index is 12.7. The van der Waals surface area contributed by atoms with E-state index in [0.29, 0.717) is 0 Å². The quantitative estimate of drug-likeness (QED) is 0.902. The third-order valence-corrected chi connectivity index (χ3v) is 4.88. The van der Waals surface area contributed by atoms with Crippen LogP contribution in [0, 0.1) is 12.8 Å². The number of amides is 1. The van der Waals surface area contributed by atoms with Gasteiger partial charge in [0.05, 0.1) is 5.92 Å². The highest BCUT2D eigenvalue weighted by atomic mass is 16.1. The van der Waals surface area contributed by atoms with Gasteiger partial charge in [-0.3, -0.25) is 9.69 Å². The molecule has 0 bridgehead atoms. The predicted octanol–water partition coefficient (Wildman–Crippen LogP) is 4.02. The number of hydrogen-bond donors (Lipinski definition) is 1. The van der Waals surface area contributed by atoms with Crippen molar-refractivity contribution in [3.63, 3.8) is 0 Å². The minimum absolute atomic E-state index is 0.0815. The molecule has 1 N–H and O–H groups in total. The van der Waals surface area contributed by atoms with Crippen molar-refractivity contribution in [1.82, 2.24) is 4.90 Å². The van der Waals surface area contributed by atoms with Crippen LogP contribution in [0.5, 0.6) is 0 Å². The van der Waals surface area contributed by atoms with Crippen molar-refractivity contribution < 1.29 is 4.79 Å². The second-order valence-corrected chi connectivity index (χ2v) is 6.66. The second kappa shape index (κ2) is 7.63. The number of rotatable bonds is 5. The van der Waals surface area contributed by atoms with E-state index in [2.05, 4.69) is 66.5 Å². The van der Waals surface area contributed by atoms with E-state index in [9.17, 15) is 4.79 Å². The molecule has 0 saturated carbocycles. The van der Waals surface area contributed by atoms with E-state index in [-0.39, 0.29) is 11.8 Å². The Morgan fingerprint density at radius 3 is 2.71 bits per heavy atom. The molecule has 1 heterocycles. The third-order valence-electron chi connectivity index (χ3n) is 4.88. The molecule has 1 saturated heterocycles. The number of carbonyl (C=O) groups is 1. The summed E-state index contributed by atoms with van der Waals surface area (Å²) in [5.74, 6) is 0.243. The van der Waals surface area contributed by atoms with Crippen LogP contribution in [0.15, 0.2) is 48.5 Å². The molecule has 1 fully saturated rings. The summed E-state index contributed by atoms with van der Waals surface area (Å²) in [4.78, 5) is 15.1. The van der Waals surface area contributed by atoms with Gasteiger partial charge in [-0.1, -0.05) is 55.5 Å². The first kappa shape index (κ1) is 16.7. The van der Waals surface area contributed by atoms with Crippen molar-refractivity contribution in [1.29, 1.82) is 0 Å². The monoisotopic (exact) mass is 322 g/mol. The Bertz CT molecular complexity index is 696. The van der Waals surface area contributed by atoms with Crippen molar-refractivity contribution in [2.45, 2.75) is 33.2 Å². The first-order chi connectivity index (χ1) is 11.7. The molecule has 1 atom stereocenters. The van der Waals surface area contributed by atoms with E-state index < -0.39 is 0 Å². The van der Waals surface area contributed by atoms with E-state index in [1.165, 1.54) is 11.1 Å². The van der Waals surface area contributed by atoms with Crippen LogP contribution in [0.1, 0.15) is 30.0 Å². The maximum absolute atomic E-state index is 12.7. The van der Waals surface area contributed by atoms with Gasteiger partial charge in [0.25, 0.3) is 0 Å². The highest BCUT2D eigenvalue weighted by Gasteiger charge is 2.28. The largest absolute Gasteiger partial charge is 0.325 e. The Hall–Kier alpha value is -2.13. The van der Waals surface area contributed by atoms with Crippen LogP contribution in [0.2, 0.25) is 0 Å². The van der Waals surface area contributed by atoms with Gasteiger partial charge in [-0.15, -0.1) is 0 Å². The molecule has 1 aliphatic heterocycles. The number of likely N-dealkylation sites (tertiary alicyclic amines) is 1. The fraction of sp³-hybridized carbons (Fsp3) is 0.381. The van der Waals surface area contributed by atoms with Crippen molar-refractivity contribution in [2.24, 2.45) is 5.92 Å². The number of nitrogens with one attached hydrogen (secondary N) is 1. The van der Waals surface area contributed by atoms with Crippen LogP contribution in [0.3, 0.4) is 0 Å². The van der Waals surface area contributed by atoms with E-state index in [1.807, 2.05) is 6.07 Å². The fourth-order valence-electron chi connectivity index (χ4n) is 3.46. The van der Waals surface area contributed by atoms with E-state index in [1.54, 1.807) is 0 Å². The maximum Gasteiger partial charge on any atom is 0.228 e. The van der Waals surface area contributed by atoms with Gasteiger partial charge >= 0.3 is 0 Å². The first-order valence-corrected chi connectivity index (χ1v) is 8.83. The fourth-order valence-corrected chi connectivity index (χ4v) is 3.46. The van der Waals surface area contributed by atoms with Gasteiger partial charge in [0.1, 0.15) is 0 Å². The van der Waals surface area contributed by atoms with E-state index >= 15 is 0 Å². The van der Waals surface area contributed by atoms with Crippen molar-refractivity contribution >= 4 is 11.6 Å². The molecule has 1 unspecified atom stereocenters. The average molecular weight is 322 g/mol. The molecule has 0 aliphatic carbocycles. The SMILES string of the molecule is CCc1cccc(C)c1NC(=O)C1CCN(Cc2ccccc2)C1. The number of anilines is 1. The standard InChI is InChI=1S/C21H26N2O/c1-3-18-11-7-8-16(2)20(18)22-21(24)19-12-13-23(15-19)14-17-9-5-4-6-10-17/h4-11,19H,3,12-15H2,1-2H3,(H,22,24). The lowest BCUT2D eigenvalue weighted by Gasteiger charge is -2.17. The van der Waals surface area contributed by atoms with Gasteiger partial charge in [-0.2, -0.15) is 0 Å². The molecule has 3 nitrogen and oxygen atoms in total. The molecule has 24 heavy (non-hydrogen) atoms. The van der Waals surface area contributed by atoms with Gasteiger partial charge in [0.2, 0.25) is 5.91 Å². The van der Waals surface area contributed by atoms with E-state index in [4.69, 9.17) is 0 Å². The molecule has 1 amide bonds. The smallest absolute Gasteiger partial charge is 0.228 e. The predicted molar refractivity (Wildman–Crippen MR) is 99.0 cm³/mol. The van der Waals surface area contributed by atoms with Crippen molar-refractivity contribution in [3.8, 4) is 0 Å². The number of aryl methyl sites for hydroxylation is 2. The topological polar surface area (TPSA) is 32.3 Å². The molecular weight excluding hydrogens is 296 g/mol. The van der Waals surface area contributed by atoms with Gasteiger partial charge < -0.3 is 5.32 Å². The van der Waals surface area contributed by atoms with Gasteiger partial charge in [-0.05, 0) is 43.0 Å². The molecule has 3 rings (SSSR count). The van der Waals surface area contributed by atoms with Crippen LogP contribution in [0.4, 0.5) is 5.69 Å². The zero-order valence-electron chi connectivity index (χ0n) is 14.6. The number of hydrogen-bond acceptors (Lipinski definition) is 2. The average Bonchev–Trinajstić information content (AvgIpc) is 3.06. The molecule has 1 aliphatic rings. The molecule has 126 valence electrons. The molecule has 3 heteroatoms. The normalized spacial score (nSPS) is 17.8. The Kier molecular flexibility index (Phi) is 5.31. The summed E-state index contributed by atoms with van der Waals surface area (Å²) in [5, 5.41) is 3.19. The highest BCUT2D eigenvalue weighted by Crippen LogP contribution is 2.24. The van der Waals surface area contributed by atoms with Crippen LogP contribution in [-0.2, 0) is 17.8 Å². The summed E-state index contributed by atoms with van der Waals surface area (Å²) < 4.78 is 0. The molecule has 0 spiro atoms. The second-order valence-electron chi connectivity index (χ2n) is 6.66. The minimum atomic E-state index is 0.0815. The number of carbonyl (C=O) groups excluding carboxylic acids is 1. The minimum Gasteiger partial charge on any atom is -0.325 e. The van der Waals surface area contributed by atoms with Crippen LogP contribution >= 0.6 is 0 Å². The summed E-state index contributed by atoms with van der Waals surface area (Å²) in [7, 11) is 0. The lowest BCUT2D eigenvalue weighted by molar-refractivity contribution is -0.119. The number of nitrogens with zero attached hydrogens (tertiary/aromatic N) is 1. The zero-order valence-corrected chi connectivity index (χ0v) is 14.6. The molecular formula is C21H26N2O. The Labute approximate surface area is 144 Å². The Balaban J connectivity index is 1.61. The summed E-state index contributed by atoms with van der Waals surface area (Å²) in [6.07, 6.45) is 1.87. The zero-order chi connectivity index (χ0) is 16.9. The first-order valence-electron chi connectivity index (χ1n) is 8.83. The van der Waals surface area contributed by atoms with Crippen LogP contribution < -0.4 is 5.32 Å². The van der Waals surface area contributed by atoms with Crippen molar-refractivity contribution in [3.05, 3.63) is 65.2 Å². The Morgan fingerprint density at radius 1 is 1.17 bits per heavy atom. The lowest BCUT2D eigenvalue weighted by atomic mass is 10.0. The summed E-state index contributed by atoms with van der Waals surface area (Å²) in [6.45, 7) is 6.94. The third kappa shape index (κ3) is 3.85. The van der Waals surface area contributed by atoms with Crippen LogP contribution in [0.25, 0.3) is 0 Å². The summed E-state index contributed by atoms with van der Waals surface area (Å²) in [6, 6.07) is 16.7. The van der Waals surface area contributed by atoms with Crippen molar-refractivity contribution in [2.75, 3.05) is 18.4 Å². The lowest BCUT2D eigenvalue weighted by Crippen LogP contribution is -2.27. The van der Waals surface area contributed by atoms with Gasteiger partial charge in [0.15, 0.2) is 0 Å². The molecule has 0 radical (unpaired) electrons. The summed E-state index contributed by atoms with van der Waals surface area (Å²) in [5.41, 5.74) is 4.67. The van der Waals surface area contributed by atoms with E-state index in [0.717, 1.165) is 43.7 Å². The highest BCUT2D eigenvalue weighted by molar-refractivity contribution is 5.94. The van der Waals surface area contributed by atoms with Gasteiger partial charge in [-0.25, -0.2) is 0 Å². The number of para-hydroxylation sites is 1.